The van der Waals surface area contributed by atoms with E-state index in [2.05, 4.69) is 81.6 Å². The molecule has 6 heterocycles. The molecule has 352 valence electrons. The molecule has 0 unspecified atom stereocenters. The summed E-state index contributed by atoms with van der Waals surface area (Å²) in [5, 5.41) is 11.0. The summed E-state index contributed by atoms with van der Waals surface area (Å²) in [5.41, 5.74) is 7.50. The van der Waals surface area contributed by atoms with Crippen molar-refractivity contribution in [1.29, 1.82) is 0 Å². The lowest BCUT2D eigenvalue weighted by Gasteiger charge is -2.13. The van der Waals surface area contributed by atoms with Crippen molar-refractivity contribution in [1.82, 2.24) is 49.5 Å². The number of aromatic nitrogens is 10. The highest BCUT2D eigenvalue weighted by atomic mass is 16.5. The van der Waals surface area contributed by atoms with Gasteiger partial charge in [0.1, 0.15) is 34.1 Å². The maximum Gasteiger partial charge on any atom is 0.268 e. The molecule has 9 aromatic rings. The maximum atomic E-state index is 13.1. The van der Waals surface area contributed by atoms with Gasteiger partial charge in [0.25, 0.3) is 11.1 Å². The van der Waals surface area contributed by atoms with E-state index in [4.69, 9.17) is 9.47 Å². The van der Waals surface area contributed by atoms with Crippen LogP contribution in [0.5, 0.6) is 23.0 Å². The number of rotatable bonds is 12. The third-order valence-electron chi connectivity index (χ3n) is 11.6. The summed E-state index contributed by atoms with van der Waals surface area (Å²) in [5.74, 6) is 2.46. The van der Waals surface area contributed by atoms with Gasteiger partial charge in [0.2, 0.25) is 0 Å². The van der Waals surface area contributed by atoms with Crippen LogP contribution >= 0.6 is 0 Å². The standard InChI is InChI=1S/C28H27N5O3.C25H27N5O3/c1-28(2,3)24-15-18(33(4)32-24)14-19(34)13-17-9-10-22(21-8-6-5-7-20(17)21)36-23-11-12-29-27-26(23)30-16-25(35)31-27;1-15-10-19(33-20-8-9-26-24-23(20)27-14-22(32)28-24)7-6-16(15)11-18(31)12-17-13-21(25(2,3)4)29-30(17)5/h5-12,15-16H,13-14H2,1-4H3,(H,29,31,35);6-10,13-14H,11-12H2,1-5H3,(H,26,28,32). The number of aryl methyl sites for hydroxylation is 3. The Hall–Kier alpha value is -8.14. The van der Waals surface area contributed by atoms with Crippen LogP contribution in [0.15, 0.2) is 113 Å². The van der Waals surface area contributed by atoms with Gasteiger partial charge in [-0.15, -0.1) is 0 Å². The minimum Gasteiger partial charge on any atom is -0.455 e. The van der Waals surface area contributed by atoms with E-state index in [-0.39, 0.29) is 33.5 Å². The van der Waals surface area contributed by atoms with E-state index in [0.29, 0.717) is 71.0 Å². The molecule has 16 nitrogen and oxygen atoms in total. The Bertz CT molecular complexity index is 3520. The zero-order valence-electron chi connectivity index (χ0n) is 40.2. The number of hydrogen-bond acceptors (Lipinski definition) is 12. The zero-order chi connectivity index (χ0) is 49.2. The zero-order valence-corrected chi connectivity index (χ0v) is 40.2. The molecular weight excluding hydrogens is 873 g/mol. The molecule has 16 heteroatoms. The van der Waals surface area contributed by atoms with Crippen molar-refractivity contribution in [3.63, 3.8) is 0 Å². The van der Waals surface area contributed by atoms with Gasteiger partial charge in [-0.1, -0.05) is 77.9 Å². The summed E-state index contributed by atoms with van der Waals surface area (Å²) in [7, 11) is 3.76. The summed E-state index contributed by atoms with van der Waals surface area (Å²) < 4.78 is 15.8. The number of benzene rings is 3. The number of Topliss-reactive ketones (excluding diaryl/α,β-unsaturated/α-hetero) is 2. The Labute approximate surface area is 397 Å². The van der Waals surface area contributed by atoms with Crippen LogP contribution in [0.1, 0.15) is 81.0 Å². The van der Waals surface area contributed by atoms with Gasteiger partial charge in [-0.25, -0.2) is 19.9 Å². The number of ketones is 2. The molecule has 6 aromatic heterocycles. The van der Waals surface area contributed by atoms with Crippen molar-refractivity contribution >= 4 is 44.7 Å². The Balaban J connectivity index is 0.000000187. The topological polar surface area (TPSA) is 206 Å². The normalized spacial score (nSPS) is 11.7. The van der Waals surface area contributed by atoms with Crippen molar-refractivity contribution in [3.05, 3.63) is 164 Å². The summed E-state index contributed by atoms with van der Waals surface area (Å²) in [6, 6.07) is 24.7. The van der Waals surface area contributed by atoms with E-state index in [9.17, 15) is 19.2 Å². The van der Waals surface area contributed by atoms with Gasteiger partial charge in [0.15, 0.2) is 22.8 Å². The van der Waals surface area contributed by atoms with E-state index in [1.807, 2.05) is 87.7 Å². The van der Waals surface area contributed by atoms with Crippen LogP contribution in [0.2, 0.25) is 0 Å². The Morgan fingerprint density at radius 1 is 0.565 bits per heavy atom. The number of carbonyl (C=O) groups excluding carboxylic acids is 2. The second-order valence-electron chi connectivity index (χ2n) is 19.1. The van der Waals surface area contributed by atoms with Crippen LogP contribution in [0, 0.1) is 6.92 Å². The SMILES string of the molecule is Cc1cc(Oc2ccnc3[nH]c(=O)cnc23)ccc1CC(=O)Cc1cc(C(C)(C)C)nn1C.Cn1nc(C(C)(C)C)cc1CC(=O)Cc1ccc(Oc2ccnc3[nH]c(=O)cnc23)c2ccccc12. The fraction of sp³-hybridized carbons (Fsp3) is 0.283. The number of pyridine rings is 2. The third kappa shape index (κ3) is 11.0. The highest BCUT2D eigenvalue weighted by Crippen LogP contribution is 2.35. The minimum absolute atomic E-state index is 0.0591. The molecule has 0 radical (unpaired) electrons. The first kappa shape index (κ1) is 47.4. The van der Waals surface area contributed by atoms with Gasteiger partial charge in [-0.05, 0) is 59.3 Å². The van der Waals surface area contributed by atoms with Gasteiger partial charge >= 0.3 is 0 Å². The van der Waals surface area contributed by atoms with E-state index < -0.39 is 0 Å². The molecule has 0 aliphatic heterocycles. The Kier molecular flexibility index (Phi) is 13.2. The lowest BCUT2D eigenvalue weighted by Crippen LogP contribution is -2.12. The predicted molar refractivity (Wildman–Crippen MR) is 264 cm³/mol. The lowest BCUT2D eigenvalue weighted by atomic mass is 9.92. The number of carbonyl (C=O) groups is 2. The number of nitrogens with one attached hydrogen (secondary N) is 2. The van der Waals surface area contributed by atoms with E-state index in [0.717, 1.165) is 50.2 Å². The fourth-order valence-electron chi connectivity index (χ4n) is 7.80. The quantitative estimate of drug-likeness (QED) is 0.118. The summed E-state index contributed by atoms with van der Waals surface area (Å²) in [6.07, 6.45) is 6.82. The molecule has 0 saturated heterocycles. The molecule has 0 saturated carbocycles. The van der Waals surface area contributed by atoms with Crippen molar-refractivity contribution < 1.29 is 19.1 Å². The second-order valence-corrected chi connectivity index (χ2v) is 19.1. The van der Waals surface area contributed by atoms with E-state index in [1.54, 1.807) is 33.9 Å². The number of H-pyrrole nitrogens is 2. The van der Waals surface area contributed by atoms with Gasteiger partial charge in [0.05, 0.1) is 23.8 Å². The van der Waals surface area contributed by atoms with Crippen LogP contribution in [0.3, 0.4) is 0 Å². The van der Waals surface area contributed by atoms with Crippen LogP contribution in [-0.2, 0) is 60.2 Å². The highest BCUT2D eigenvalue weighted by Gasteiger charge is 2.22. The van der Waals surface area contributed by atoms with Crippen molar-refractivity contribution in [2.75, 3.05) is 0 Å². The van der Waals surface area contributed by atoms with Gasteiger partial charge in [0, 0.05) is 91.9 Å². The van der Waals surface area contributed by atoms with Crippen molar-refractivity contribution in [3.8, 4) is 23.0 Å². The molecule has 3 aromatic carbocycles. The van der Waals surface area contributed by atoms with Crippen LogP contribution in [-0.4, -0.2) is 61.0 Å². The number of nitrogens with zero attached hydrogens (tertiary/aromatic N) is 8. The van der Waals surface area contributed by atoms with Crippen molar-refractivity contribution in [2.24, 2.45) is 14.1 Å². The first-order valence-electron chi connectivity index (χ1n) is 22.5. The molecule has 0 aliphatic carbocycles. The molecule has 0 spiro atoms. The Morgan fingerprint density at radius 3 is 1.57 bits per heavy atom. The van der Waals surface area contributed by atoms with Crippen LogP contribution < -0.4 is 20.6 Å². The van der Waals surface area contributed by atoms with Gasteiger partial charge in [-0.3, -0.25) is 28.5 Å². The lowest BCUT2D eigenvalue weighted by molar-refractivity contribution is -0.118. The minimum atomic E-state index is -0.327. The molecule has 0 atom stereocenters. The molecule has 0 bridgehead atoms. The smallest absolute Gasteiger partial charge is 0.268 e. The van der Waals surface area contributed by atoms with Crippen molar-refractivity contribution in [2.45, 2.75) is 85.0 Å². The van der Waals surface area contributed by atoms with Crippen LogP contribution in [0.4, 0.5) is 0 Å². The van der Waals surface area contributed by atoms with Gasteiger partial charge in [-0.2, -0.15) is 10.2 Å². The third-order valence-corrected chi connectivity index (χ3v) is 11.6. The molecule has 2 N–H and O–H groups in total. The van der Waals surface area contributed by atoms with E-state index >= 15 is 0 Å². The monoisotopic (exact) mass is 926 g/mol. The first-order chi connectivity index (χ1) is 32.8. The summed E-state index contributed by atoms with van der Waals surface area (Å²) in [4.78, 5) is 70.8. The molecule has 0 amide bonds. The summed E-state index contributed by atoms with van der Waals surface area (Å²) in [6.45, 7) is 14.6. The average molecular weight is 927 g/mol. The first-order valence-corrected chi connectivity index (χ1v) is 22.5. The van der Waals surface area contributed by atoms with Crippen LogP contribution in [0.25, 0.3) is 33.1 Å². The second kappa shape index (κ2) is 19.2. The number of fused-ring (bicyclic) bond motifs is 3. The molecular formula is C53H54N10O6. The predicted octanol–water partition coefficient (Wildman–Crippen LogP) is 8.45. The largest absolute Gasteiger partial charge is 0.455 e. The van der Waals surface area contributed by atoms with Gasteiger partial charge < -0.3 is 19.4 Å². The summed E-state index contributed by atoms with van der Waals surface area (Å²) >= 11 is 0. The molecule has 0 fully saturated rings. The Morgan fingerprint density at radius 2 is 1.06 bits per heavy atom. The fourth-order valence-corrected chi connectivity index (χ4v) is 7.80. The average Bonchev–Trinajstić information content (AvgIpc) is 3.86. The number of aromatic amines is 2. The van der Waals surface area contributed by atoms with E-state index in [1.165, 1.54) is 12.4 Å². The maximum absolute atomic E-state index is 13.1. The molecule has 69 heavy (non-hydrogen) atoms. The number of hydrogen-bond donors (Lipinski definition) is 2. The molecule has 9 rings (SSSR count). The molecule has 0 aliphatic rings. The highest BCUT2D eigenvalue weighted by molar-refractivity contribution is 5.95. The number of ether oxygens (including phenoxy) is 2.